The standard InChI is InChI=1S/C14H25N3O3/c1-6-11(20-7-2)14(18)13-12(19-5)10-15-17(13)9-8-16(3)4/h10-11H,6-9H2,1-5H3. The first-order valence-electron chi connectivity index (χ1n) is 6.95. The van der Waals surface area contributed by atoms with Crippen molar-refractivity contribution in [2.45, 2.75) is 32.9 Å². The van der Waals surface area contributed by atoms with Crippen molar-refractivity contribution in [1.82, 2.24) is 14.7 Å². The maximum absolute atomic E-state index is 12.6. The summed E-state index contributed by atoms with van der Waals surface area (Å²) in [6, 6.07) is 0. The Morgan fingerprint density at radius 3 is 2.65 bits per heavy atom. The van der Waals surface area contributed by atoms with Gasteiger partial charge in [-0.25, -0.2) is 0 Å². The van der Waals surface area contributed by atoms with E-state index in [2.05, 4.69) is 5.10 Å². The van der Waals surface area contributed by atoms with Crippen molar-refractivity contribution < 1.29 is 14.3 Å². The summed E-state index contributed by atoms with van der Waals surface area (Å²) in [4.78, 5) is 14.6. The largest absolute Gasteiger partial charge is 0.493 e. The van der Waals surface area contributed by atoms with Crippen LogP contribution in [0.15, 0.2) is 6.20 Å². The molecule has 1 atom stereocenters. The minimum absolute atomic E-state index is 0.0672. The third kappa shape index (κ3) is 4.05. The summed E-state index contributed by atoms with van der Waals surface area (Å²) < 4.78 is 12.5. The number of hydrogen-bond acceptors (Lipinski definition) is 5. The van der Waals surface area contributed by atoms with E-state index in [0.29, 0.717) is 31.0 Å². The number of methoxy groups -OCH3 is 1. The molecule has 0 bridgehead atoms. The molecule has 6 nitrogen and oxygen atoms in total. The van der Waals surface area contributed by atoms with Crippen LogP contribution in [0.2, 0.25) is 0 Å². The second kappa shape index (κ2) is 8.01. The summed E-state index contributed by atoms with van der Waals surface area (Å²) >= 11 is 0. The summed E-state index contributed by atoms with van der Waals surface area (Å²) in [6.45, 7) is 5.77. The molecule has 1 aromatic rings. The van der Waals surface area contributed by atoms with E-state index < -0.39 is 6.10 Å². The van der Waals surface area contributed by atoms with Gasteiger partial charge in [0.05, 0.1) is 19.9 Å². The molecule has 1 aromatic heterocycles. The molecule has 0 amide bonds. The van der Waals surface area contributed by atoms with Crippen LogP contribution in [0.4, 0.5) is 0 Å². The fourth-order valence-electron chi connectivity index (χ4n) is 1.96. The van der Waals surface area contributed by atoms with Crippen LogP contribution in [0.1, 0.15) is 30.8 Å². The van der Waals surface area contributed by atoms with Crippen molar-refractivity contribution in [3.63, 3.8) is 0 Å². The molecule has 114 valence electrons. The zero-order valence-electron chi connectivity index (χ0n) is 13.0. The van der Waals surface area contributed by atoms with Crippen molar-refractivity contribution in [2.75, 3.05) is 34.4 Å². The normalized spacial score (nSPS) is 12.7. The smallest absolute Gasteiger partial charge is 0.213 e. The first-order valence-corrected chi connectivity index (χ1v) is 6.95. The van der Waals surface area contributed by atoms with Crippen LogP contribution in [-0.4, -0.2) is 60.9 Å². The average molecular weight is 283 g/mol. The van der Waals surface area contributed by atoms with E-state index >= 15 is 0 Å². The predicted molar refractivity (Wildman–Crippen MR) is 77.4 cm³/mol. The minimum Gasteiger partial charge on any atom is -0.493 e. The molecule has 1 rings (SSSR count). The molecule has 6 heteroatoms. The van der Waals surface area contributed by atoms with Gasteiger partial charge in [-0.3, -0.25) is 9.48 Å². The van der Waals surface area contributed by atoms with Gasteiger partial charge in [0.1, 0.15) is 11.8 Å². The summed E-state index contributed by atoms with van der Waals surface area (Å²) in [6.07, 6.45) is 1.78. The number of ketones is 1. The molecule has 0 aromatic carbocycles. The summed E-state index contributed by atoms with van der Waals surface area (Å²) in [5.74, 6) is 0.439. The number of ether oxygens (including phenoxy) is 2. The van der Waals surface area contributed by atoms with E-state index in [1.54, 1.807) is 18.0 Å². The second-order valence-electron chi connectivity index (χ2n) is 4.80. The van der Waals surface area contributed by atoms with Crippen LogP contribution < -0.4 is 4.74 Å². The third-order valence-electron chi connectivity index (χ3n) is 3.05. The van der Waals surface area contributed by atoms with Crippen molar-refractivity contribution in [1.29, 1.82) is 0 Å². The number of aromatic nitrogens is 2. The van der Waals surface area contributed by atoms with Crippen molar-refractivity contribution in [2.24, 2.45) is 0 Å². The maximum atomic E-state index is 12.6. The van der Waals surface area contributed by atoms with Gasteiger partial charge in [0.2, 0.25) is 5.78 Å². The SMILES string of the molecule is CCOC(CC)C(=O)c1c(OC)cnn1CCN(C)C. The number of rotatable bonds is 9. The minimum atomic E-state index is -0.441. The second-order valence-corrected chi connectivity index (χ2v) is 4.80. The fourth-order valence-corrected chi connectivity index (χ4v) is 1.96. The number of Topliss-reactive ketones (excluding diaryl/α,β-unsaturated/α-hetero) is 1. The highest BCUT2D eigenvalue weighted by atomic mass is 16.5. The van der Waals surface area contributed by atoms with Crippen LogP contribution >= 0.6 is 0 Å². The van der Waals surface area contributed by atoms with Gasteiger partial charge in [-0.1, -0.05) is 6.92 Å². The van der Waals surface area contributed by atoms with Gasteiger partial charge in [-0.2, -0.15) is 5.10 Å². The number of carbonyl (C=O) groups excluding carboxylic acids is 1. The van der Waals surface area contributed by atoms with Gasteiger partial charge in [-0.05, 0) is 27.4 Å². The molecule has 0 saturated carbocycles. The Hall–Kier alpha value is -1.40. The van der Waals surface area contributed by atoms with Crippen molar-refractivity contribution >= 4 is 5.78 Å². The molecular formula is C14H25N3O3. The van der Waals surface area contributed by atoms with E-state index in [4.69, 9.17) is 9.47 Å². The van der Waals surface area contributed by atoms with Gasteiger partial charge in [0.15, 0.2) is 5.75 Å². The molecule has 1 heterocycles. The molecule has 0 aliphatic rings. The van der Waals surface area contributed by atoms with E-state index in [1.165, 1.54) is 0 Å². The first kappa shape index (κ1) is 16.7. The molecule has 0 aliphatic carbocycles. The lowest BCUT2D eigenvalue weighted by molar-refractivity contribution is 0.0431. The Bertz CT molecular complexity index is 429. The highest BCUT2D eigenvalue weighted by molar-refractivity contribution is 6.00. The molecule has 0 spiro atoms. The Morgan fingerprint density at radius 2 is 2.15 bits per heavy atom. The van der Waals surface area contributed by atoms with Gasteiger partial charge in [0, 0.05) is 13.2 Å². The quantitative estimate of drug-likeness (QED) is 0.642. The Balaban J connectivity index is 3.00. The number of hydrogen-bond donors (Lipinski definition) is 0. The molecule has 0 saturated heterocycles. The van der Waals surface area contributed by atoms with E-state index in [-0.39, 0.29) is 5.78 Å². The molecule has 0 fully saturated rings. The number of likely N-dealkylation sites (N-methyl/N-ethyl adjacent to an activating group) is 1. The van der Waals surface area contributed by atoms with E-state index in [9.17, 15) is 4.79 Å². The van der Waals surface area contributed by atoms with Gasteiger partial charge >= 0.3 is 0 Å². The highest BCUT2D eigenvalue weighted by Crippen LogP contribution is 2.21. The van der Waals surface area contributed by atoms with Gasteiger partial charge in [0.25, 0.3) is 0 Å². The fraction of sp³-hybridized carbons (Fsp3) is 0.714. The monoisotopic (exact) mass is 283 g/mol. The van der Waals surface area contributed by atoms with E-state index in [1.807, 2.05) is 32.8 Å². The zero-order chi connectivity index (χ0) is 15.1. The Labute approximate surface area is 120 Å². The van der Waals surface area contributed by atoms with Crippen LogP contribution in [0.3, 0.4) is 0 Å². The summed E-state index contributed by atoms with van der Waals surface area (Å²) in [5.41, 5.74) is 0.495. The highest BCUT2D eigenvalue weighted by Gasteiger charge is 2.26. The van der Waals surface area contributed by atoms with E-state index in [0.717, 1.165) is 6.54 Å². The lowest BCUT2D eigenvalue weighted by atomic mass is 10.1. The molecule has 20 heavy (non-hydrogen) atoms. The third-order valence-corrected chi connectivity index (χ3v) is 3.05. The summed E-state index contributed by atoms with van der Waals surface area (Å²) in [7, 11) is 5.51. The maximum Gasteiger partial charge on any atom is 0.213 e. The predicted octanol–water partition coefficient (Wildman–Crippen LogP) is 1.45. The molecule has 1 unspecified atom stereocenters. The zero-order valence-corrected chi connectivity index (χ0v) is 13.0. The molecule has 0 radical (unpaired) electrons. The van der Waals surface area contributed by atoms with Crippen LogP contribution in [-0.2, 0) is 11.3 Å². The Morgan fingerprint density at radius 1 is 1.45 bits per heavy atom. The van der Waals surface area contributed by atoms with Crippen LogP contribution in [0.25, 0.3) is 0 Å². The Kier molecular flexibility index (Phi) is 6.67. The van der Waals surface area contributed by atoms with Crippen LogP contribution in [0, 0.1) is 0 Å². The van der Waals surface area contributed by atoms with Crippen molar-refractivity contribution in [3.05, 3.63) is 11.9 Å². The lowest BCUT2D eigenvalue weighted by Crippen LogP contribution is -2.28. The average Bonchev–Trinajstić information content (AvgIpc) is 2.84. The topological polar surface area (TPSA) is 56.6 Å². The summed E-state index contributed by atoms with van der Waals surface area (Å²) in [5, 5.41) is 4.25. The lowest BCUT2D eigenvalue weighted by Gasteiger charge is -2.16. The molecular weight excluding hydrogens is 258 g/mol. The van der Waals surface area contributed by atoms with Crippen molar-refractivity contribution in [3.8, 4) is 5.75 Å². The number of nitrogens with zero attached hydrogens (tertiary/aromatic N) is 3. The van der Waals surface area contributed by atoms with Crippen LogP contribution in [0.5, 0.6) is 5.75 Å². The van der Waals surface area contributed by atoms with Gasteiger partial charge < -0.3 is 14.4 Å². The van der Waals surface area contributed by atoms with Gasteiger partial charge in [-0.15, -0.1) is 0 Å². The molecule has 0 aliphatic heterocycles. The first-order chi connectivity index (χ1) is 9.54. The number of carbonyl (C=O) groups is 1. The molecule has 0 N–H and O–H groups in total.